The maximum atomic E-state index is 4.38. The van der Waals surface area contributed by atoms with Crippen LogP contribution in [0.1, 0.15) is 32.5 Å². The van der Waals surface area contributed by atoms with Crippen LogP contribution in [0.5, 0.6) is 0 Å². The lowest BCUT2D eigenvalue weighted by atomic mass is 10.0. The first-order chi connectivity index (χ1) is 6.20. The van der Waals surface area contributed by atoms with Gasteiger partial charge in [0.05, 0.1) is 0 Å². The van der Waals surface area contributed by atoms with Crippen LogP contribution >= 0.6 is 0 Å². The normalized spacial score (nSPS) is 15.7. The van der Waals surface area contributed by atoms with Gasteiger partial charge in [-0.25, -0.2) is 4.98 Å². The second-order valence-electron chi connectivity index (χ2n) is 3.44. The Labute approximate surface area is 80.2 Å². The minimum absolute atomic E-state index is 0.458. The molecule has 74 valence electrons. The number of hydrogen-bond donors (Lipinski definition) is 1. The number of nitrogens with one attached hydrogen (secondary N) is 1. The van der Waals surface area contributed by atoms with E-state index in [1.54, 1.807) is 0 Å². The van der Waals surface area contributed by atoms with Gasteiger partial charge in [-0.15, -0.1) is 0 Å². The molecule has 13 heavy (non-hydrogen) atoms. The molecule has 2 atom stereocenters. The standard InChI is InChI=1S/C10H19N3/c1-5-13-7-6-12-10(13)8(2)9(3)11-4/h6-9,11H,5H2,1-4H3. The Kier molecular flexibility index (Phi) is 3.48. The molecular weight excluding hydrogens is 162 g/mol. The summed E-state index contributed by atoms with van der Waals surface area (Å²) in [6.45, 7) is 7.52. The summed E-state index contributed by atoms with van der Waals surface area (Å²) in [6, 6.07) is 0.465. The van der Waals surface area contributed by atoms with E-state index in [1.807, 2.05) is 19.4 Å². The SMILES string of the molecule is CCn1ccnc1C(C)C(C)NC. The second-order valence-corrected chi connectivity index (χ2v) is 3.44. The van der Waals surface area contributed by atoms with Gasteiger partial charge >= 0.3 is 0 Å². The lowest BCUT2D eigenvalue weighted by Crippen LogP contribution is -2.28. The Morgan fingerprint density at radius 3 is 2.77 bits per heavy atom. The molecule has 0 saturated carbocycles. The fourth-order valence-electron chi connectivity index (χ4n) is 1.46. The molecule has 3 heteroatoms. The third-order valence-electron chi connectivity index (χ3n) is 2.70. The van der Waals surface area contributed by atoms with E-state index in [1.165, 1.54) is 5.82 Å². The van der Waals surface area contributed by atoms with E-state index < -0.39 is 0 Å². The van der Waals surface area contributed by atoms with Crippen molar-refractivity contribution < 1.29 is 0 Å². The molecule has 0 spiro atoms. The molecule has 1 aromatic heterocycles. The van der Waals surface area contributed by atoms with E-state index in [2.05, 4.69) is 35.6 Å². The third-order valence-corrected chi connectivity index (χ3v) is 2.70. The minimum Gasteiger partial charge on any atom is -0.335 e. The van der Waals surface area contributed by atoms with E-state index in [4.69, 9.17) is 0 Å². The molecule has 0 amide bonds. The molecule has 1 N–H and O–H groups in total. The number of nitrogens with zero attached hydrogens (tertiary/aromatic N) is 2. The quantitative estimate of drug-likeness (QED) is 0.765. The molecule has 0 saturated heterocycles. The Balaban J connectivity index is 2.81. The third kappa shape index (κ3) is 2.10. The molecule has 0 aromatic carbocycles. The number of hydrogen-bond acceptors (Lipinski definition) is 2. The summed E-state index contributed by atoms with van der Waals surface area (Å²) in [5.74, 6) is 1.63. The molecule has 0 aliphatic carbocycles. The van der Waals surface area contributed by atoms with Gasteiger partial charge in [-0.05, 0) is 20.9 Å². The van der Waals surface area contributed by atoms with Gasteiger partial charge in [0, 0.05) is 30.9 Å². The zero-order valence-electron chi connectivity index (χ0n) is 8.91. The van der Waals surface area contributed by atoms with Gasteiger partial charge in [0.25, 0.3) is 0 Å². The molecule has 0 radical (unpaired) electrons. The van der Waals surface area contributed by atoms with Gasteiger partial charge in [-0.3, -0.25) is 0 Å². The number of imidazole rings is 1. The molecule has 1 heterocycles. The average molecular weight is 181 g/mol. The highest BCUT2D eigenvalue weighted by atomic mass is 15.1. The van der Waals surface area contributed by atoms with Gasteiger partial charge in [-0.1, -0.05) is 6.92 Å². The molecule has 3 nitrogen and oxygen atoms in total. The van der Waals surface area contributed by atoms with Gasteiger partial charge in [-0.2, -0.15) is 0 Å². The topological polar surface area (TPSA) is 29.9 Å². The number of rotatable bonds is 4. The summed E-state index contributed by atoms with van der Waals surface area (Å²) in [6.07, 6.45) is 3.91. The predicted octanol–water partition coefficient (Wildman–Crippen LogP) is 1.61. The molecule has 0 bridgehead atoms. The van der Waals surface area contributed by atoms with E-state index in [0.717, 1.165) is 6.54 Å². The fourth-order valence-corrected chi connectivity index (χ4v) is 1.46. The fraction of sp³-hybridized carbons (Fsp3) is 0.700. The van der Waals surface area contributed by atoms with Crippen molar-refractivity contribution in [3.8, 4) is 0 Å². The zero-order chi connectivity index (χ0) is 9.84. The van der Waals surface area contributed by atoms with Crippen LogP contribution in [0.15, 0.2) is 12.4 Å². The molecule has 2 unspecified atom stereocenters. The van der Waals surface area contributed by atoms with Crippen LogP contribution in [-0.4, -0.2) is 22.6 Å². The van der Waals surface area contributed by atoms with Crippen molar-refractivity contribution in [2.24, 2.45) is 0 Å². The van der Waals surface area contributed by atoms with Crippen molar-refractivity contribution in [1.82, 2.24) is 14.9 Å². The Bertz CT molecular complexity index is 254. The van der Waals surface area contributed by atoms with Crippen LogP contribution in [0, 0.1) is 0 Å². The number of aromatic nitrogens is 2. The smallest absolute Gasteiger partial charge is 0.113 e. The van der Waals surface area contributed by atoms with Crippen LogP contribution < -0.4 is 5.32 Å². The van der Waals surface area contributed by atoms with Crippen LogP contribution in [-0.2, 0) is 6.54 Å². The summed E-state index contributed by atoms with van der Waals surface area (Å²) in [4.78, 5) is 4.38. The van der Waals surface area contributed by atoms with Crippen LogP contribution in [0.4, 0.5) is 0 Å². The summed E-state index contributed by atoms with van der Waals surface area (Å²) >= 11 is 0. The van der Waals surface area contributed by atoms with Crippen molar-refractivity contribution in [2.45, 2.75) is 39.3 Å². The van der Waals surface area contributed by atoms with Crippen molar-refractivity contribution in [1.29, 1.82) is 0 Å². The monoisotopic (exact) mass is 181 g/mol. The Morgan fingerprint density at radius 2 is 2.23 bits per heavy atom. The highest BCUT2D eigenvalue weighted by Crippen LogP contribution is 2.16. The number of likely N-dealkylation sites (N-methyl/N-ethyl adjacent to an activating group) is 1. The summed E-state index contributed by atoms with van der Waals surface area (Å²) < 4.78 is 2.19. The first-order valence-electron chi connectivity index (χ1n) is 4.89. The van der Waals surface area contributed by atoms with Crippen LogP contribution in [0.25, 0.3) is 0 Å². The average Bonchev–Trinajstić information content (AvgIpc) is 2.62. The van der Waals surface area contributed by atoms with Crippen LogP contribution in [0.3, 0.4) is 0 Å². The second kappa shape index (κ2) is 4.42. The van der Waals surface area contributed by atoms with Gasteiger partial charge in [0.1, 0.15) is 5.82 Å². The maximum Gasteiger partial charge on any atom is 0.113 e. The highest BCUT2D eigenvalue weighted by molar-refractivity contribution is 5.02. The predicted molar refractivity (Wildman–Crippen MR) is 54.8 cm³/mol. The summed E-state index contributed by atoms with van der Waals surface area (Å²) in [5.41, 5.74) is 0. The molecule has 0 fully saturated rings. The lowest BCUT2D eigenvalue weighted by molar-refractivity contribution is 0.485. The van der Waals surface area contributed by atoms with Crippen molar-refractivity contribution in [3.05, 3.63) is 18.2 Å². The molecule has 1 aromatic rings. The Morgan fingerprint density at radius 1 is 1.54 bits per heavy atom. The van der Waals surface area contributed by atoms with E-state index >= 15 is 0 Å². The van der Waals surface area contributed by atoms with Crippen molar-refractivity contribution >= 4 is 0 Å². The summed E-state index contributed by atoms with van der Waals surface area (Å²) in [5, 5.41) is 3.25. The summed E-state index contributed by atoms with van der Waals surface area (Å²) in [7, 11) is 1.99. The van der Waals surface area contributed by atoms with E-state index in [-0.39, 0.29) is 0 Å². The Hall–Kier alpha value is -0.830. The first-order valence-corrected chi connectivity index (χ1v) is 4.89. The van der Waals surface area contributed by atoms with Crippen molar-refractivity contribution in [2.75, 3.05) is 7.05 Å². The van der Waals surface area contributed by atoms with E-state index in [9.17, 15) is 0 Å². The maximum absolute atomic E-state index is 4.38. The highest BCUT2D eigenvalue weighted by Gasteiger charge is 2.16. The molecule has 1 rings (SSSR count). The van der Waals surface area contributed by atoms with Gasteiger partial charge < -0.3 is 9.88 Å². The number of aryl methyl sites for hydroxylation is 1. The first kappa shape index (κ1) is 10.3. The van der Waals surface area contributed by atoms with Crippen LogP contribution in [0.2, 0.25) is 0 Å². The van der Waals surface area contributed by atoms with E-state index in [0.29, 0.717) is 12.0 Å². The molecule has 0 aliphatic heterocycles. The zero-order valence-corrected chi connectivity index (χ0v) is 8.91. The molecule has 0 aliphatic rings. The van der Waals surface area contributed by atoms with Crippen molar-refractivity contribution in [3.63, 3.8) is 0 Å². The largest absolute Gasteiger partial charge is 0.335 e. The minimum atomic E-state index is 0.458. The molecular formula is C10H19N3. The lowest BCUT2D eigenvalue weighted by Gasteiger charge is -2.19. The van der Waals surface area contributed by atoms with Gasteiger partial charge in [0.2, 0.25) is 0 Å². The van der Waals surface area contributed by atoms with Gasteiger partial charge in [0.15, 0.2) is 0 Å².